The van der Waals surface area contributed by atoms with Crippen LogP contribution in [-0.2, 0) is 4.79 Å². The summed E-state index contributed by atoms with van der Waals surface area (Å²) in [7, 11) is 1.65. The average molecular weight is 338 g/mol. The number of halogens is 1. The van der Waals surface area contributed by atoms with Crippen molar-refractivity contribution in [3.05, 3.63) is 34.3 Å². The van der Waals surface area contributed by atoms with Gasteiger partial charge in [-0.1, -0.05) is 15.9 Å². The maximum absolute atomic E-state index is 11.8. The number of nitrogens with zero attached hydrogens (tertiary/aromatic N) is 2. The van der Waals surface area contributed by atoms with E-state index in [1.807, 2.05) is 6.07 Å². The highest BCUT2D eigenvalue weighted by Gasteiger charge is 2.09. The normalized spacial score (nSPS) is 9.65. The minimum atomic E-state index is -0.204. The van der Waals surface area contributed by atoms with Gasteiger partial charge in [0.15, 0.2) is 0 Å². The van der Waals surface area contributed by atoms with Crippen LogP contribution in [0.3, 0.4) is 0 Å². The molecule has 0 aromatic heterocycles. The fourth-order valence-electron chi connectivity index (χ4n) is 1.52. The molecule has 0 saturated carbocycles. The highest BCUT2D eigenvalue weighted by Crippen LogP contribution is 2.10. The molecule has 0 aliphatic heterocycles. The Morgan fingerprint density at radius 3 is 2.60 bits per heavy atom. The van der Waals surface area contributed by atoms with Crippen LogP contribution in [0, 0.1) is 11.3 Å². The molecule has 1 aromatic rings. The van der Waals surface area contributed by atoms with Gasteiger partial charge in [-0.15, -0.1) is 0 Å². The van der Waals surface area contributed by atoms with Crippen LogP contribution in [0.15, 0.2) is 28.7 Å². The molecule has 0 saturated heterocycles. The van der Waals surface area contributed by atoms with Crippen molar-refractivity contribution in [2.24, 2.45) is 0 Å². The van der Waals surface area contributed by atoms with E-state index in [1.54, 1.807) is 31.3 Å². The Kier molecular flexibility index (Phi) is 6.74. The summed E-state index contributed by atoms with van der Waals surface area (Å²) in [5.41, 5.74) is 0.554. The lowest BCUT2D eigenvalue weighted by Crippen LogP contribution is -2.32. The Balaban J connectivity index is 2.33. The Bertz CT molecular complexity index is 508. The van der Waals surface area contributed by atoms with Crippen molar-refractivity contribution in [2.45, 2.75) is 12.8 Å². The molecule has 6 heteroatoms. The number of hydrogen-bond acceptors (Lipinski definition) is 3. The van der Waals surface area contributed by atoms with Crippen LogP contribution >= 0.6 is 15.9 Å². The number of rotatable bonds is 6. The van der Waals surface area contributed by atoms with Crippen molar-refractivity contribution in [1.82, 2.24) is 10.2 Å². The molecule has 106 valence electrons. The summed E-state index contributed by atoms with van der Waals surface area (Å²) in [4.78, 5) is 25.0. The number of carbonyl (C=O) groups is 2. The topological polar surface area (TPSA) is 73.2 Å². The Hall–Kier alpha value is -1.87. The summed E-state index contributed by atoms with van der Waals surface area (Å²) >= 11 is 3.30. The predicted molar refractivity (Wildman–Crippen MR) is 79.0 cm³/mol. The second kappa shape index (κ2) is 8.33. The van der Waals surface area contributed by atoms with E-state index in [-0.39, 0.29) is 24.8 Å². The molecule has 5 nitrogen and oxygen atoms in total. The standard InChI is InChI=1S/C14H16BrN3O2/c1-18(10-2-8-16)13(19)7-9-17-14(20)11-3-5-12(15)6-4-11/h3-6H,2,7,9-10H2,1H3,(H,17,20). The maximum Gasteiger partial charge on any atom is 0.251 e. The summed E-state index contributed by atoms with van der Waals surface area (Å²) in [6.45, 7) is 0.695. The van der Waals surface area contributed by atoms with Gasteiger partial charge in [0.1, 0.15) is 0 Å². The first-order valence-electron chi connectivity index (χ1n) is 6.19. The Morgan fingerprint density at radius 1 is 1.35 bits per heavy atom. The van der Waals surface area contributed by atoms with Gasteiger partial charge in [0.05, 0.1) is 12.5 Å². The van der Waals surface area contributed by atoms with Crippen LogP contribution in [0.2, 0.25) is 0 Å². The van der Waals surface area contributed by atoms with Crippen LogP contribution in [0.5, 0.6) is 0 Å². The quantitative estimate of drug-likeness (QED) is 0.862. The highest BCUT2D eigenvalue weighted by molar-refractivity contribution is 9.10. The number of carbonyl (C=O) groups excluding carboxylic acids is 2. The third-order valence-corrected chi connectivity index (χ3v) is 3.24. The Morgan fingerprint density at radius 2 is 2.00 bits per heavy atom. The van der Waals surface area contributed by atoms with E-state index < -0.39 is 0 Å². The zero-order valence-corrected chi connectivity index (χ0v) is 12.8. The first-order chi connectivity index (χ1) is 9.54. The SMILES string of the molecule is CN(CCC#N)C(=O)CCNC(=O)c1ccc(Br)cc1. The fourth-order valence-corrected chi connectivity index (χ4v) is 1.78. The molecule has 1 aromatic carbocycles. The zero-order valence-electron chi connectivity index (χ0n) is 11.2. The molecule has 0 aliphatic rings. The molecule has 0 bridgehead atoms. The van der Waals surface area contributed by atoms with Gasteiger partial charge in [-0.2, -0.15) is 5.26 Å². The lowest BCUT2D eigenvalue weighted by Gasteiger charge is -2.15. The lowest BCUT2D eigenvalue weighted by atomic mass is 10.2. The number of amides is 2. The number of nitriles is 1. The van der Waals surface area contributed by atoms with E-state index in [0.717, 1.165) is 4.47 Å². The van der Waals surface area contributed by atoms with Gasteiger partial charge in [-0.3, -0.25) is 9.59 Å². The average Bonchev–Trinajstić information content (AvgIpc) is 2.45. The van der Waals surface area contributed by atoms with Crippen LogP contribution in [0.4, 0.5) is 0 Å². The molecule has 0 radical (unpaired) electrons. The van der Waals surface area contributed by atoms with Crippen LogP contribution in [0.1, 0.15) is 23.2 Å². The molecule has 20 heavy (non-hydrogen) atoms. The first kappa shape index (κ1) is 16.2. The molecule has 0 spiro atoms. The van der Waals surface area contributed by atoms with E-state index in [9.17, 15) is 9.59 Å². The van der Waals surface area contributed by atoms with Crippen molar-refractivity contribution < 1.29 is 9.59 Å². The van der Waals surface area contributed by atoms with Crippen molar-refractivity contribution in [2.75, 3.05) is 20.1 Å². The van der Waals surface area contributed by atoms with Crippen LogP contribution in [-0.4, -0.2) is 36.9 Å². The molecular weight excluding hydrogens is 322 g/mol. The van der Waals surface area contributed by atoms with E-state index in [1.165, 1.54) is 4.90 Å². The third-order valence-electron chi connectivity index (χ3n) is 2.72. The molecule has 0 aliphatic carbocycles. The van der Waals surface area contributed by atoms with Gasteiger partial charge in [0.2, 0.25) is 5.91 Å². The largest absolute Gasteiger partial charge is 0.352 e. The van der Waals surface area contributed by atoms with E-state index in [4.69, 9.17) is 5.26 Å². The molecule has 0 heterocycles. The van der Waals surface area contributed by atoms with Gasteiger partial charge >= 0.3 is 0 Å². The van der Waals surface area contributed by atoms with Crippen LogP contribution < -0.4 is 5.32 Å². The summed E-state index contributed by atoms with van der Waals surface area (Å²) in [6, 6.07) is 8.98. The minimum absolute atomic E-state index is 0.0867. The molecule has 0 atom stereocenters. The summed E-state index contributed by atoms with van der Waals surface area (Å²) in [5.74, 6) is -0.290. The molecule has 1 N–H and O–H groups in total. The molecule has 0 fully saturated rings. The fraction of sp³-hybridized carbons (Fsp3) is 0.357. The maximum atomic E-state index is 11.8. The molecular formula is C14H16BrN3O2. The monoisotopic (exact) mass is 337 g/mol. The van der Waals surface area contributed by atoms with Crippen molar-refractivity contribution in [1.29, 1.82) is 5.26 Å². The van der Waals surface area contributed by atoms with Gasteiger partial charge < -0.3 is 10.2 Å². The predicted octanol–water partition coefficient (Wildman–Crippen LogP) is 1.94. The number of nitrogens with one attached hydrogen (secondary N) is 1. The summed E-state index contributed by atoms with van der Waals surface area (Å²) in [5, 5.41) is 11.1. The van der Waals surface area contributed by atoms with Crippen molar-refractivity contribution >= 4 is 27.7 Å². The third kappa shape index (κ3) is 5.41. The minimum Gasteiger partial charge on any atom is -0.352 e. The molecule has 1 rings (SSSR count). The van der Waals surface area contributed by atoms with Gasteiger partial charge in [0, 0.05) is 36.6 Å². The highest BCUT2D eigenvalue weighted by atomic mass is 79.9. The van der Waals surface area contributed by atoms with E-state index in [0.29, 0.717) is 18.5 Å². The Labute approximate surface area is 126 Å². The second-order valence-electron chi connectivity index (χ2n) is 4.24. The molecule has 0 unspecified atom stereocenters. The smallest absolute Gasteiger partial charge is 0.251 e. The number of benzene rings is 1. The lowest BCUT2D eigenvalue weighted by molar-refractivity contribution is -0.129. The second-order valence-corrected chi connectivity index (χ2v) is 5.15. The van der Waals surface area contributed by atoms with Crippen molar-refractivity contribution in [3.63, 3.8) is 0 Å². The van der Waals surface area contributed by atoms with E-state index in [2.05, 4.69) is 21.2 Å². The van der Waals surface area contributed by atoms with E-state index >= 15 is 0 Å². The van der Waals surface area contributed by atoms with Gasteiger partial charge in [0.25, 0.3) is 5.91 Å². The molecule has 2 amide bonds. The van der Waals surface area contributed by atoms with Crippen LogP contribution in [0.25, 0.3) is 0 Å². The van der Waals surface area contributed by atoms with Crippen molar-refractivity contribution in [3.8, 4) is 6.07 Å². The van der Waals surface area contributed by atoms with Gasteiger partial charge in [-0.25, -0.2) is 0 Å². The van der Waals surface area contributed by atoms with Gasteiger partial charge in [-0.05, 0) is 24.3 Å². The zero-order chi connectivity index (χ0) is 15.0. The summed E-state index contributed by atoms with van der Waals surface area (Å²) < 4.78 is 0.906. The summed E-state index contributed by atoms with van der Waals surface area (Å²) in [6.07, 6.45) is 0.539. The number of hydrogen-bond donors (Lipinski definition) is 1. The first-order valence-corrected chi connectivity index (χ1v) is 6.98.